The lowest BCUT2D eigenvalue weighted by Gasteiger charge is -2.34. The molecule has 3 rings (SSSR count). The van der Waals surface area contributed by atoms with E-state index < -0.39 is 42.4 Å². The van der Waals surface area contributed by atoms with Gasteiger partial charge in [0.25, 0.3) is 14.7 Å². The summed E-state index contributed by atoms with van der Waals surface area (Å²) in [6.45, 7) is 3.83. The van der Waals surface area contributed by atoms with E-state index in [9.17, 15) is 17.6 Å². The highest BCUT2D eigenvalue weighted by molar-refractivity contribution is 7.93. The molecule has 212 valence electrons. The number of nitrogens with one attached hydrogen (secondary N) is 1. The molecule has 1 aliphatic rings. The number of carbonyl (C=O) groups is 1. The van der Waals surface area contributed by atoms with Crippen LogP contribution in [0.2, 0.25) is 5.02 Å². The van der Waals surface area contributed by atoms with Crippen molar-refractivity contribution in [1.29, 1.82) is 0 Å². The summed E-state index contributed by atoms with van der Waals surface area (Å²) in [5.41, 5.74) is 0.544. The fourth-order valence-electron chi connectivity index (χ4n) is 4.02. The van der Waals surface area contributed by atoms with E-state index in [1.807, 2.05) is 0 Å². The fourth-order valence-corrected chi connectivity index (χ4v) is 6.07. The number of halogens is 6. The number of para-hydroxylation sites is 1. The van der Waals surface area contributed by atoms with Gasteiger partial charge in [0.05, 0.1) is 17.5 Å². The third kappa shape index (κ3) is 7.26. The predicted molar refractivity (Wildman–Crippen MR) is 151 cm³/mol. The highest BCUT2D eigenvalue weighted by Gasteiger charge is 2.51. The van der Waals surface area contributed by atoms with E-state index in [2.05, 4.69) is 5.32 Å². The minimum Gasteiger partial charge on any atom is -0.491 e. The number of rotatable bonds is 10. The molecule has 2 aromatic rings. The second-order valence-corrected chi connectivity index (χ2v) is 13.5. The number of hydrogen-bond donors (Lipinski definition) is 1. The molecule has 6 nitrogen and oxygen atoms in total. The minimum atomic E-state index is -4.62. The van der Waals surface area contributed by atoms with Crippen molar-refractivity contribution in [1.82, 2.24) is 10.2 Å². The van der Waals surface area contributed by atoms with Crippen LogP contribution in [-0.4, -0.2) is 53.8 Å². The highest BCUT2D eigenvalue weighted by atomic mass is 35.6. The van der Waals surface area contributed by atoms with E-state index in [0.29, 0.717) is 17.4 Å². The van der Waals surface area contributed by atoms with Gasteiger partial charge in [-0.2, -0.15) is 0 Å². The normalized spacial score (nSPS) is 20.3. The van der Waals surface area contributed by atoms with Crippen LogP contribution in [-0.2, 0) is 14.6 Å². The van der Waals surface area contributed by atoms with Crippen molar-refractivity contribution in [2.75, 3.05) is 19.7 Å². The average molecular weight is 642 g/mol. The standard InChI is InChI=1S/C26H26Cl4F2N2O4S/c1-3-34(24(35)26(28,29)30)14-15-38-22-7-5-4-6-21(22)17(2)33-23-16-19(31)12-13-25(23,32)39(36,37)20-10-8-18(27)9-11-20/h4-13,16-17,23,33H,3,14-15H2,1-2H3. The zero-order valence-electron chi connectivity index (χ0n) is 20.9. The van der Waals surface area contributed by atoms with E-state index in [1.54, 1.807) is 38.1 Å². The molecule has 1 N–H and O–H groups in total. The topological polar surface area (TPSA) is 75.7 Å². The van der Waals surface area contributed by atoms with E-state index in [-0.39, 0.29) is 29.6 Å². The van der Waals surface area contributed by atoms with Gasteiger partial charge in [0.15, 0.2) is 0 Å². The molecule has 13 heteroatoms. The SMILES string of the molecule is CCN(CCOc1ccccc1C(C)NC1C=C(F)C=CC1(F)S(=O)(=O)c1ccc(Cl)cc1)C(=O)C(Cl)(Cl)Cl. The Morgan fingerprint density at radius 3 is 2.44 bits per heavy atom. The highest BCUT2D eigenvalue weighted by Crippen LogP contribution is 2.38. The van der Waals surface area contributed by atoms with Gasteiger partial charge in [-0.3, -0.25) is 10.1 Å². The molecule has 1 amide bonds. The zero-order valence-corrected chi connectivity index (χ0v) is 24.7. The number of hydrogen-bond acceptors (Lipinski definition) is 5. The maximum Gasteiger partial charge on any atom is 0.274 e. The number of nitrogens with zero attached hydrogens (tertiary/aromatic N) is 1. The second kappa shape index (κ2) is 12.7. The molecule has 2 aromatic carbocycles. The van der Waals surface area contributed by atoms with Crippen LogP contribution in [0, 0.1) is 0 Å². The Morgan fingerprint density at radius 1 is 1.18 bits per heavy atom. The van der Waals surface area contributed by atoms with Gasteiger partial charge in [-0.15, -0.1) is 0 Å². The largest absolute Gasteiger partial charge is 0.491 e. The van der Waals surface area contributed by atoms with Crippen molar-refractivity contribution in [3.05, 3.63) is 83.2 Å². The van der Waals surface area contributed by atoms with Crippen LogP contribution >= 0.6 is 46.4 Å². The Balaban J connectivity index is 1.81. The Hall–Kier alpha value is -1.88. The van der Waals surface area contributed by atoms with Crippen LogP contribution in [0.15, 0.2) is 77.5 Å². The molecule has 0 bridgehead atoms. The minimum absolute atomic E-state index is 0.0444. The summed E-state index contributed by atoms with van der Waals surface area (Å²) in [5.74, 6) is -1.10. The molecule has 39 heavy (non-hydrogen) atoms. The molecule has 0 radical (unpaired) electrons. The van der Waals surface area contributed by atoms with Gasteiger partial charge in [0, 0.05) is 23.2 Å². The van der Waals surface area contributed by atoms with Crippen molar-refractivity contribution in [2.45, 2.75) is 39.6 Å². The van der Waals surface area contributed by atoms with Crippen molar-refractivity contribution in [2.24, 2.45) is 0 Å². The van der Waals surface area contributed by atoms with Gasteiger partial charge < -0.3 is 9.64 Å². The summed E-state index contributed by atoms with van der Waals surface area (Å²) in [7, 11) is -4.62. The number of amides is 1. The first-order valence-corrected chi connectivity index (χ1v) is 14.8. The molecule has 0 spiro atoms. The number of sulfone groups is 1. The summed E-state index contributed by atoms with van der Waals surface area (Å²) in [4.78, 5) is 13.3. The summed E-state index contributed by atoms with van der Waals surface area (Å²) in [5, 5.41) is 0.170. The summed E-state index contributed by atoms with van der Waals surface area (Å²) in [6.07, 6.45) is 2.36. The van der Waals surface area contributed by atoms with Crippen molar-refractivity contribution < 1.29 is 26.7 Å². The first-order valence-electron chi connectivity index (χ1n) is 11.8. The number of benzene rings is 2. The van der Waals surface area contributed by atoms with Gasteiger partial charge in [0.1, 0.15) is 18.2 Å². The van der Waals surface area contributed by atoms with Gasteiger partial charge in [-0.25, -0.2) is 17.2 Å². The van der Waals surface area contributed by atoms with Crippen molar-refractivity contribution in [3.8, 4) is 5.75 Å². The van der Waals surface area contributed by atoms with E-state index in [1.165, 1.54) is 29.2 Å². The van der Waals surface area contributed by atoms with Gasteiger partial charge in [-0.1, -0.05) is 64.6 Å². The van der Waals surface area contributed by atoms with Crippen LogP contribution < -0.4 is 10.1 Å². The van der Waals surface area contributed by atoms with Gasteiger partial charge in [0.2, 0.25) is 9.84 Å². The monoisotopic (exact) mass is 640 g/mol. The number of alkyl halides is 4. The second-order valence-electron chi connectivity index (χ2n) is 8.67. The lowest BCUT2D eigenvalue weighted by Crippen LogP contribution is -2.52. The maximum absolute atomic E-state index is 16.4. The molecule has 0 saturated carbocycles. The fraction of sp³-hybridized carbons (Fsp3) is 0.346. The zero-order chi connectivity index (χ0) is 29.0. The van der Waals surface area contributed by atoms with Crippen molar-refractivity contribution >= 4 is 62.1 Å². The van der Waals surface area contributed by atoms with Crippen LogP contribution in [0.5, 0.6) is 5.75 Å². The predicted octanol–water partition coefficient (Wildman–Crippen LogP) is 6.52. The molecule has 0 aliphatic heterocycles. The molecule has 0 aromatic heterocycles. The van der Waals surface area contributed by atoms with E-state index >= 15 is 4.39 Å². The molecule has 0 fully saturated rings. The van der Waals surface area contributed by atoms with Gasteiger partial charge >= 0.3 is 0 Å². The Bertz CT molecular complexity index is 1350. The lowest BCUT2D eigenvalue weighted by atomic mass is 10.0. The van der Waals surface area contributed by atoms with Crippen LogP contribution in [0.1, 0.15) is 25.5 Å². The summed E-state index contributed by atoms with van der Waals surface area (Å²) >= 11 is 23.0. The van der Waals surface area contributed by atoms with Crippen LogP contribution in [0.4, 0.5) is 8.78 Å². The molecule has 1 aliphatic carbocycles. The lowest BCUT2D eigenvalue weighted by molar-refractivity contribution is -0.130. The molecule has 3 atom stereocenters. The summed E-state index contributed by atoms with van der Waals surface area (Å²) < 4.78 is 61.1. The maximum atomic E-state index is 16.4. The third-order valence-corrected chi connectivity index (χ3v) is 8.94. The molecule has 0 heterocycles. The van der Waals surface area contributed by atoms with Crippen LogP contribution in [0.25, 0.3) is 0 Å². The smallest absolute Gasteiger partial charge is 0.274 e. The number of likely N-dealkylation sites (N-methyl/N-ethyl adjacent to an activating group) is 1. The first kappa shape index (κ1) is 31.6. The number of carbonyl (C=O) groups excluding carboxylic acids is 1. The Labute approximate surface area is 246 Å². The van der Waals surface area contributed by atoms with Crippen molar-refractivity contribution in [3.63, 3.8) is 0 Å². The average Bonchev–Trinajstić information content (AvgIpc) is 2.88. The molecule has 3 unspecified atom stereocenters. The van der Waals surface area contributed by atoms with Gasteiger partial charge in [-0.05, 0) is 62.4 Å². The quantitative estimate of drug-likeness (QED) is 0.299. The summed E-state index contributed by atoms with van der Waals surface area (Å²) in [6, 6.07) is 9.56. The van der Waals surface area contributed by atoms with E-state index in [4.69, 9.17) is 51.1 Å². The number of allylic oxidation sites excluding steroid dienone is 2. The Morgan fingerprint density at radius 2 is 1.82 bits per heavy atom. The van der Waals surface area contributed by atoms with E-state index in [0.717, 1.165) is 12.2 Å². The molecule has 0 saturated heterocycles. The molecular formula is C26H26Cl4F2N2O4S. The van der Waals surface area contributed by atoms with Crippen LogP contribution in [0.3, 0.4) is 0 Å². The first-order chi connectivity index (χ1) is 18.2. The Kier molecular flexibility index (Phi) is 10.3. The number of ether oxygens (including phenoxy) is 1. The molecular weight excluding hydrogens is 616 g/mol. The third-order valence-electron chi connectivity index (χ3n) is 6.10.